The molecule has 1 N–H and O–H groups in total. The summed E-state index contributed by atoms with van der Waals surface area (Å²) in [6.07, 6.45) is 2.62. The van der Waals surface area contributed by atoms with Crippen LogP contribution >= 0.6 is 11.6 Å². The van der Waals surface area contributed by atoms with Crippen molar-refractivity contribution in [1.82, 2.24) is 5.32 Å². The Hall–Kier alpha value is -1.78. The SMILES string of the molecule is CO[C@H](CNC(=O)c1ccoc1)c1cccc(Cl)c1. The van der Waals surface area contributed by atoms with Crippen molar-refractivity contribution < 1.29 is 13.9 Å². The summed E-state index contributed by atoms with van der Waals surface area (Å²) in [6.45, 7) is 0.362. The van der Waals surface area contributed by atoms with E-state index in [1.807, 2.05) is 18.2 Å². The summed E-state index contributed by atoms with van der Waals surface area (Å²) in [5.74, 6) is -0.196. The number of carbonyl (C=O) groups is 1. The summed E-state index contributed by atoms with van der Waals surface area (Å²) < 4.78 is 10.2. The van der Waals surface area contributed by atoms with Crippen molar-refractivity contribution in [1.29, 1.82) is 0 Å². The molecule has 1 aromatic heterocycles. The Balaban J connectivity index is 1.98. The van der Waals surface area contributed by atoms with Gasteiger partial charge in [0, 0.05) is 18.7 Å². The van der Waals surface area contributed by atoms with Gasteiger partial charge < -0.3 is 14.5 Å². The molecule has 0 unspecified atom stereocenters. The van der Waals surface area contributed by atoms with Crippen LogP contribution in [-0.2, 0) is 4.74 Å². The predicted molar refractivity (Wildman–Crippen MR) is 72.2 cm³/mol. The molecule has 0 aliphatic carbocycles. The first-order valence-corrected chi connectivity index (χ1v) is 6.17. The minimum absolute atomic E-state index is 0.196. The van der Waals surface area contributed by atoms with Crippen LogP contribution < -0.4 is 5.32 Å². The maximum atomic E-state index is 11.8. The van der Waals surface area contributed by atoms with E-state index in [1.165, 1.54) is 12.5 Å². The third kappa shape index (κ3) is 3.59. The lowest BCUT2D eigenvalue weighted by molar-refractivity contribution is 0.0827. The van der Waals surface area contributed by atoms with Crippen molar-refractivity contribution >= 4 is 17.5 Å². The summed E-state index contributed by atoms with van der Waals surface area (Å²) in [7, 11) is 1.59. The average Bonchev–Trinajstić information content (AvgIpc) is 2.93. The van der Waals surface area contributed by atoms with Gasteiger partial charge in [0.05, 0.1) is 17.9 Å². The van der Waals surface area contributed by atoms with E-state index in [-0.39, 0.29) is 12.0 Å². The van der Waals surface area contributed by atoms with Crippen LogP contribution in [0.25, 0.3) is 0 Å². The number of amides is 1. The third-order valence-corrected chi connectivity index (χ3v) is 2.97. The molecule has 1 atom stereocenters. The van der Waals surface area contributed by atoms with Gasteiger partial charge in [0.1, 0.15) is 6.26 Å². The van der Waals surface area contributed by atoms with Gasteiger partial charge in [0.15, 0.2) is 0 Å². The standard InChI is InChI=1S/C14H14ClNO3/c1-18-13(10-3-2-4-12(15)7-10)8-16-14(17)11-5-6-19-9-11/h2-7,9,13H,8H2,1H3,(H,16,17)/t13-/m1/s1. The second-order valence-electron chi connectivity index (χ2n) is 4.00. The number of methoxy groups -OCH3 is 1. The highest BCUT2D eigenvalue weighted by molar-refractivity contribution is 6.30. The number of hydrogen-bond acceptors (Lipinski definition) is 3. The number of furan rings is 1. The van der Waals surface area contributed by atoms with Gasteiger partial charge in [-0.1, -0.05) is 23.7 Å². The molecule has 100 valence electrons. The van der Waals surface area contributed by atoms with E-state index in [2.05, 4.69) is 5.32 Å². The normalized spacial score (nSPS) is 12.1. The fraction of sp³-hybridized carbons (Fsp3) is 0.214. The van der Waals surface area contributed by atoms with E-state index < -0.39 is 0 Å². The first-order valence-electron chi connectivity index (χ1n) is 5.79. The molecule has 1 amide bonds. The van der Waals surface area contributed by atoms with Crippen molar-refractivity contribution in [3.05, 3.63) is 59.0 Å². The summed E-state index contributed by atoms with van der Waals surface area (Å²) in [5.41, 5.74) is 1.41. The lowest BCUT2D eigenvalue weighted by atomic mass is 10.1. The molecule has 0 saturated heterocycles. The minimum Gasteiger partial charge on any atom is -0.472 e. The number of hydrogen-bond donors (Lipinski definition) is 1. The van der Waals surface area contributed by atoms with E-state index in [0.29, 0.717) is 17.1 Å². The summed E-state index contributed by atoms with van der Waals surface area (Å²) in [4.78, 5) is 11.8. The van der Waals surface area contributed by atoms with E-state index >= 15 is 0 Å². The largest absolute Gasteiger partial charge is 0.472 e. The van der Waals surface area contributed by atoms with Crippen LogP contribution in [0.4, 0.5) is 0 Å². The summed E-state index contributed by atoms with van der Waals surface area (Å²) >= 11 is 5.93. The maximum absolute atomic E-state index is 11.8. The van der Waals surface area contributed by atoms with E-state index in [9.17, 15) is 4.79 Å². The number of halogens is 1. The van der Waals surface area contributed by atoms with E-state index in [0.717, 1.165) is 5.56 Å². The molecule has 0 aliphatic rings. The van der Waals surface area contributed by atoms with E-state index in [4.69, 9.17) is 20.8 Å². The molecule has 2 aromatic rings. The predicted octanol–water partition coefficient (Wildman–Crippen LogP) is 3.05. The van der Waals surface area contributed by atoms with Crippen molar-refractivity contribution in [3.63, 3.8) is 0 Å². The van der Waals surface area contributed by atoms with Crippen molar-refractivity contribution in [2.45, 2.75) is 6.10 Å². The van der Waals surface area contributed by atoms with Gasteiger partial charge >= 0.3 is 0 Å². The fourth-order valence-corrected chi connectivity index (χ4v) is 1.92. The molecule has 19 heavy (non-hydrogen) atoms. The van der Waals surface area contributed by atoms with Crippen molar-refractivity contribution in [2.75, 3.05) is 13.7 Å². The average molecular weight is 280 g/mol. The highest BCUT2D eigenvalue weighted by Gasteiger charge is 2.13. The Labute approximate surface area is 116 Å². The Kier molecular flexibility index (Phi) is 4.60. The Bertz CT molecular complexity index is 539. The molecule has 0 spiro atoms. The van der Waals surface area contributed by atoms with Crippen LogP contribution in [0.15, 0.2) is 47.3 Å². The Morgan fingerprint density at radius 1 is 1.47 bits per heavy atom. The van der Waals surface area contributed by atoms with Crippen LogP contribution in [0.2, 0.25) is 5.02 Å². The number of carbonyl (C=O) groups excluding carboxylic acids is 1. The monoisotopic (exact) mass is 279 g/mol. The first kappa shape index (κ1) is 13.6. The fourth-order valence-electron chi connectivity index (χ4n) is 1.73. The molecule has 0 fully saturated rings. The zero-order valence-electron chi connectivity index (χ0n) is 10.4. The molecule has 1 heterocycles. The zero-order chi connectivity index (χ0) is 13.7. The van der Waals surface area contributed by atoms with Crippen molar-refractivity contribution in [2.24, 2.45) is 0 Å². The van der Waals surface area contributed by atoms with Gasteiger partial charge in [-0.3, -0.25) is 4.79 Å². The third-order valence-electron chi connectivity index (χ3n) is 2.74. The van der Waals surface area contributed by atoms with E-state index in [1.54, 1.807) is 19.2 Å². The molecular formula is C14H14ClNO3. The van der Waals surface area contributed by atoms with Crippen LogP contribution in [0.1, 0.15) is 22.0 Å². The number of nitrogens with one attached hydrogen (secondary N) is 1. The van der Waals surface area contributed by atoms with Gasteiger partial charge in [-0.05, 0) is 23.8 Å². The molecule has 0 saturated carbocycles. The second-order valence-corrected chi connectivity index (χ2v) is 4.44. The molecule has 2 rings (SSSR count). The zero-order valence-corrected chi connectivity index (χ0v) is 11.2. The molecule has 5 heteroatoms. The molecule has 0 radical (unpaired) electrons. The Morgan fingerprint density at radius 3 is 2.95 bits per heavy atom. The van der Waals surface area contributed by atoms with Gasteiger partial charge in [0.25, 0.3) is 5.91 Å². The number of rotatable bonds is 5. The lowest BCUT2D eigenvalue weighted by Gasteiger charge is -2.16. The van der Waals surface area contributed by atoms with Crippen LogP contribution in [0.3, 0.4) is 0 Å². The smallest absolute Gasteiger partial charge is 0.254 e. The van der Waals surface area contributed by atoms with Gasteiger partial charge in [-0.2, -0.15) is 0 Å². The highest BCUT2D eigenvalue weighted by Crippen LogP contribution is 2.19. The van der Waals surface area contributed by atoms with Gasteiger partial charge in [0.2, 0.25) is 0 Å². The van der Waals surface area contributed by atoms with Gasteiger partial charge in [-0.25, -0.2) is 0 Å². The van der Waals surface area contributed by atoms with Crippen LogP contribution in [0, 0.1) is 0 Å². The first-order chi connectivity index (χ1) is 9.20. The molecule has 0 aliphatic heterocycles. The summed E-state index contributed by atoms with van der Waals surface area (Å²) in [6, 6.07) is 8.98. The van der Waals surface area contributed by atoms with Gasteiger partial charge in [-0.15, -0.1) is 0 Å². The van der Waals surface area contributed by atoms with Crippen molar-refractivity contribution in [3.8, 4) is 0 Å². The Morgan fingerprint density at radius 2 is 2.32 bits per heavy atom. The highest BCUT2D eigenvalue weighted by atomic mass is 35.5. The maximum Gasteiger partial charge on any atom is 0.254 e. The number of benzene rings is 1. The minimum atomic E-state index is -0.241. The van der Waals surface area contributed by atoms with Crippen LogP contribution in [0.5, 0.6) is 0 Å². The second kappa shape index (κ2) is 6.41. The molecular weight excluding hydrogens is 266 g/mol. The molecule has 4 nitrogen and oxygen atoms in total. The van der Waals surface area contributed by atoms with Crippen LogP contribution in [-0.4, -0.2) is 19.6 Å². The lowest BCUT2D eigenvalue weighted by Crippen LogP contribution is -2.28. The molecule has 1 aromatic carbocycles. The molecule has 0 bridgehead atoms. The summed E-state index contributed by atoms with van der Waals surface area (Å²) in [5, 5.41) is 3.43. The quantitative estimate of drug-likeness (QED) is 0.915. The topological polar surface area (TPSA) is 51.5 Å². The number of ether oxygens (including phenoxy) is 1.